The molecule has 1 aromatic rings. The van der Waals surface area contributed by atoms with Crippen LogP contribution >= 0.6 is 24.0 Å². The second-order valence-corrected chi connectivity index (χ2v) is 6.78. The lowest BCUT2D eigenvalue weighted by atomic mass is 9.81. The van der Waals surface area contributed by atoms with Crippen LogP contribution in [0.1, 0.15) is 25.3 Å². The van der Waals surface area contributed by atoms with E-state index in [-0.39, 0.29) is 23.7 Å². The molecule has 2 heterocycles. The molecule has 1 aromatic carbocycles. The number of hydrogen-bond acceptors (Lipinski definition) is 3. The highest BCUT2D eigenvalue weighted by Crippen LogP contribution is 2.31. The van der Waals surface area contributed by atoms with Crippen LogP contribution in [0.25, 0.3) is 0 Å². The van der Waals surface area contributed by atoms with Gasteiger partial charge >= 0.3 is 0 Å². The molecule has 1 atom stereocenters. The van der Waals surface area contributed by atoms with Gasteiger partial charge in [0.05, 0.1) is 0 Å². The van der Waals surface area contributed by atoms with Crippen LogP contribution < -0.4 is 15.4 Å². The lowest BCUT2D eigenvalue weighted by Gasteiger charge is -2.34. The van der Waals surface area contributed by atoms with Crippen molar-refractivity contribution < 1.29 is 9.53 Å². The van der Waals surface area contributed by atoms with Crippen LogP contribution in [0, 0.1) is 5.41 Å². The van der Waals surface area contributed by atoms with Gasteiger partial charge in [-0.2, -0.15) is 0 Å². The fraction of sp³-hybridized carbons (Fsp3) is 0.562. The largest absolute Gasteiger partial charge is 0.480 e. The number of rotatable bonds is 3. The molecule has 0 aliphatic carbocycles. The fourth-order valence-corrected chi connectivity index (χ4v) is 3.18. The second kappa shape index (κ2) is 7.07. The molecule has 22 heavy (non-hydrogen) atoms. The topological polar surface area (TPSA) is 50.4 Å². The van der Waals surface area contributed by atoms with E-state index in [1.165, 1.54) is 0 Å². The molecule has 2 aliphatic heterocycles. The Kier molecular flexibility index (Phi) is 5.59. The molecule has 3 rings (SSSR count). The van der Waals surface area contributed by atoms with E-state index < -0.39 is 6.10 Å². The van der Waals surface area contributed by atoms with Gasteiger partial charge in [0.1, 0.15) is 5.75 Å². The average molecular weight is 345 g/mol. The number of amides is 1. The van der Waals surface area contributed by atoms with Crippen molar-refractivity contribution >= 4 is 29.9 Å². The van der Waals surface area contributed by atoms with Gasteiger partial charge < -0.3 is 15.4 Å². The lowest BCUT2D eigenvalue weighted by molar-refractivity contribution is -0.127. The van der Waals surface area contributed by atoms with E-state index in [1.54, 1.807) is 6.07 Å². The third kappa shape index (κ3) is 3.86. The molecule has 0 spiro atoms. The summed E-state index contributed by atoms with van der Waals surface area (Å²) in [7, 11) is 0. The van der Waals surface area contributed by atoms with E-state index in [2.05, 4.69) is 17.6 Å². The zero-order chi connectivity index (χ0) is 14.9. The molecule has 2 aliphatic rings. The minimum Gasteiger partial charge on any atom is -0.480 e. The first kappa shape index (κ1) is 17.4. The molecular formula is C16H22Cl2N2O2. The summed E-state index contributed by atoms with van der Waals surface area (Å²) in [6.45, 7) is 5.00. The second-order valence-electron chi connectivity index (χ2n) is 6.34. The van der Waals surface area contributed by atoms with Crippen molar-refractivity contribution in [3.8, 4) is 5.75 Å². The summed E-state index contributed by atoms with van der Waals surface area (Å²) in [6, 6.07) is 5.49. The van der Waals surface area contributed by atoms with Gasteiger partial charge in [-0.3, -0.25) is 4.79 Å². The quantitative estimate of drug-likeness (QED) is 0.885. The predicted molar refractivity (Wildman–Crippen MR) is 90.0 cm³/mol. The molecule has 122 valence electrons. The third-order valence-electron chi connectivity index (χ3n) is 4.49. The van der Waals surface area contributed by atoms with Crippen molar-refractivity contribution in [1.29, 1.82) is 0 Å². The van der Waals surface area contributed by atoms with E-state index in [9.17, 15) is 4.79 Å². The Hall–Kier alpha value is -0.970. The SMILES string of the molecule is CC1(CNC(=O)C2Cc3cc(Cl)ccc3O2)CCNCC1.Cl. The summed E-state index contributed by atoms with van der Waals surface area (Å²) in [6.07, 6.45) is 2.35. The Morgan fingerprint density at radius 3 is 2.91 bits per heavy atom. The third-order valence-corrected chi connectivity index (χ3v) is 4.72. The summed E-state index contributed by atoms with van der Waals surface area (Å²) in [5, 5.41) is 7.09. The van der Waals surface area contributed by atoms with Crippen LogP contribution in [-0.2, 0) is 11.2 Å². The lowest BCUT2D eigenvalue weighted by Crippen LogP contribution is -2.46. The van der Waals surface area contributed by atoms with Gasteiger partial charge in [0.15, 0.2) is 6.10 Å². The van der Waals surface area contributed by atoms with Crippen LogP contribution in [0.4, 0.5) is 0 Å². The van der Waals surface area contributed by atoms with Gasteiger partial charge in [-0.15, -0.1) is 12.4 Å². The molecule has 6 heteroatoms. The van der Waals surface area contributed by atoms with Crippen LogP contribution in [0.5, 0.6) is 5.75 Å². The molecule has 1 fully saturated rings. The Balaban J connectivity index is 0.00000176. The molecule has 0 saturated carbocycles. The van der Waals surface area contributed by atoms with Crippen molar-refractivity contribution in [2.75, 3.05) is 19.6 Å². The molecule has 0 radical (unpaired) electrons. The predicted octanol–water partition coefficient (Wildman–Crippen LogP) is 2.57. The van der Waals surface area contributed by atoms with Gasteiger partial charge in [0.2, 0.25) is 0 Å². The Bertz CT molecular complexity index is 545. The van der Waals surface area contributed by atoms with Crippen molar-refractivity contribution in [1.82, 2.24) is 10.6 Å². The zero-order valence-electron chi connectivity index (χ0n) is 12.7. The first-order chi connectivity index (χ1) is 10.1. The minimum atomic E-state index is -0.427. The number of fused-ring (bicyclic) bond motifs is 1. The zero-order valence-corrected chi connectivity index (χ0v) is 14.2. The number of hydrogen-bond donors (Lipinski definition) is 2. The number of carbonyl (C=O) groups excluding carboxylic acids is 1. The highest BCUT2D eigenvalue weighted by atomic mass is 35.5. The van der Waals surface area contributed by atoms with E-state index in [0.717, 1.165) is 37.2 Å². The molecule has 1 amide bonds. The van der Waals surface area contributed by atoms with Gasteiger partial charge in [-0.1, -0.05) is 18.5 Å². The number of carbonyl (C=O) groups is 1. The van der Waals surface area contributed by atoms with Crippen LogP contribution in [0.15, 0.2) is 18.2 Å². The first-order valence-electron chi connectivity index (χ1n) is 7.49. The van der Waals surface area contributed by atoms with E-state index in [0.29, 0.717) is 18.0 Å². The average Bonchev–Trinajstić information content (AvgIpc) is 2.88. The van der Waals surface area contributed by atoms with Crippen molar-refractivity contribution in [3.05, 3.63) is 28.8 Å². The maximum atomic E-state index is 12.3. The van der Waals surface area contributed by atoms with Gasteiger partial charge in [-0.25, -0.2) is 0 Å². The molecule has 2 N–H and O–H groups in total. The molecular weight excluding hydrogens is 323 g/mol. The highest BCUT2D eigenvalue weighted by molar-refractivity contribution is 6.30. The Morgan fingerprint density at radius 1 is 1.45 bits per heavy atom. The standard InChI is InChI=1S/C16H21ClN2O2.ClH/c1-16(4-6-18-7-5-16)10-19-15(20)14-9-11-8-12(17)2-3-13(11)21-14;/h2-3,8,14,18H,4-7,9-10H2,1H3,(H,19,20);1H. The number of nitrogens with one attached hydrogen (secondary N) is 2. The first-order valence-corrected chi connectivity index (χ1v) is 7.87. The van der Waals surface area contributed by atoms with Gasteiger partial charge in [-0.05, 0) is 55.1 Å². The minimum absolute atomic E-state index is 0. The normalized spacial score (nSPS) is 22.2. The summed E-state index contributed by atoms with van der Waals surface area (Å²) >= 11 is 5.97. The maximum absolute atomic E-state index is 12.3. The monoisotopic (exact) mass is 344 g/mol. The van der Waals surface area contributed by atoms with Crippen molar-refractivity contribution in [3.63, 3.8) is 0 Å². The van der Waals surface area contributed by atoms with Crippen molar-refractivity contribution in [2.24, 2.45) is 5.41 Å². The van der Waals surface area contributed by atoms with Crippen LogP contribution in [-0.4, -0.2) is 31.6 Å². The molecule has 1 unspecified atom stereocenters. The number of ether oxygens (including phenoxy) is 1. The van der Waals surface area contributed by atoms with Gasteiger partial charge in [0, 0.05) is 18.0 Å². The van der Waals surface area contributed by atoms with E-state index in [4.69, 9.17) is 16.3 Å². The van der Waals surface area contributed by atoms with Crippen molar-refractivity contribution in [2.45, 2.75) is 32.3 Å². The van der Waals surface area contributed by atoms with Crippen LogP contribution in [0.2, 0.25) is 5.02 Å². The van der Waals surface area contributed by atoms with Crippen LogP contribution in [0.3, 0.4) is 0 Å². The molecule has 0 bridgehead atoms. The number of halogens is 2. The van der Waals surface area contributed by atoms with E-state index >= 15 is 0 Å². The highest BCUT2D eigenvalue weighted by Gasteiger charge is 2.32. The summed E-state index contributed by atoms with van der Waals surface area (Å²) in [5.41, 5.74) is 1.20. The number of piperidine rings is 1. The molecule has 1 saturated heterocycles. The fourth-order valence-electron chi connectivity index (χ4n) is 2.98. The summed E-state index contributed by atoms with van der Waals surface area (Å²) in [4.78, 5) is 12.3. The Labute approximate surface area is 142 Å². The maximum Gasteiger partial charge on any atom is 0.261 e. The van der Waals surface area contributed by atoms with Gasteiger partial charge in [0.25, 0.3) is 5.91 Å². The molecule has 0 aromatic heterocycles. The van der Waals surface area contributed by atoms with E-state index in [1.807, 2.05) is 12.1 Å². The molecule has 4 nitrogen and oxygen atoms in total. The number of benzene rings is 1. The summed E-state index contributed by atoms with van der Waals surface area (Å²) < 4.78 is 5.71. The Morgan fingerprint density at radius 2 is 2.18 bits per heavy atom. The smallest absolute Gasteiger partial charge is 0.261 e. The summed E-state index contributed by atoms with van der Waals surface area (Å²) in [5.74, 6) is 0.745.